The quantitative estimate of drug-likeness (QED) is 0.835. The third-order valence-corrected chi connectivity index (χ3v) is 4.30. The zero-order valence-corrected chi connectivity index (χ0v) is 14.8. The van der Waals surface area contributed by atoms with E-state index in [1.54, 1.807) is 7.05 Å². The summed E-state index contributed by atoms with van der Waals surface area (Å²) in [6, 6.07) is 2.11. The molecule has 0 aromatic carbocycles. The fraction of sp³-hybridized carbons (Fsp3) is 0.500. The van der Waals surface area contributed by atoms with Gasteiger partial charge in [0.25, 0.3) is 11.7 Å². The van der Waals surface area contributed by atoms with Crippen molar-refractivity contribution >= 4 is 5.91 Å². The number of ether oxygens (including phenoxy) is 1. The van der Waals surface area contributed by atoms with Gasteiger partial charge in [-0.05, 0) is 37.0 Å². The van der Waals surface area contributed by atoms with Crippen molar-refractivity contribution in [2.24, 2.45) is 7.05 Å². The van der Waals surface area contributed by atoms with E-state index in [9.17, 15) is 18.0 Å². The van der Waals surface area contributed by atoms with Gasteiger partial charge in [0.1, 0.15) is 11.8 Å². The minimum absolute atomic E-state index is 0.0239. The van der Waals surface area contributed by atoms with Crippen LogP contribution in [0.5, 0.6) is 5.75 Å². The number of pyridine rings is 1. The molecule has 0 aliphatic heterocycles. The lowest BCUT2D eigenvalue weighted by atomic mass is 9.93. The van der Waals surface area contributed by atoms with Crippen molar-refractivity contribution in [2.45, 2.75) is 44.0 Å². The molecule has 9 nitrogen and oxygen atoms in total. The van der Waals surface area contributed by atoms with Crippen LogP contribution in [0.2, 0.25) is 0 Å². The average Bonchev–Trinajstić information content (AvgIpc) is 3.09. The molecule has 1 aliphatic rings. The highest BCUT2D eigenvalue weighted by Crippen LogP contribution is 2.34. The molecular formula is C16H16F3N7O2. The molecule has 28 heavy (non-hydrogen) atoms. The Morgan fingerprint density at radius 3 is 2.64 bits per heavy atom. The third-order valence-electron chi connectivity index (χ3n) is 4.30. The van der Waals surface area contributed by atoms with Crippen molar-refractivity contribution in [2.75, 3.05) is 0 Å². The number of nitrogens with zero attached hydrogens (tertiary/aromatic N) is 6. The lowest BCUT2D eigenvalue weighted by molar-refractivity contribution is -0.138. The van der Waals surface area contributed by atoms with Crippen LogP contribution in [0, 0.1) is 11.3 Å². The first-order valence-electron chi connectivity index (χ1n) is 8.45. The second-order valence-electron chi connectivity index (χ2n) is 6.34. The molecule has 1 saturated carbocycles. The van der Waals surface area contributed by atoms with Crippen molar-refractivity contribution in [3.63, 3.8) is 0 Å². The molecular weight excluding hydrogens is 379 g/mol. The number of hydrogen-bond acceptors (Lipinski definition) is 7. The first-order valence-corrected chi connectivity index (χ1v) is 8.45. The predicted molar refractivity (Wildman–Crippen MR) is 86.9 cm³/mol. The Bertz CT molecular complexity index is 898. The van der Waals surface area contributed by atoms with Gasteiger partial charge >= 0.3 is 6.18 Å². The Morgan fingerprint density at radius 1 is 1.36 bits per heavy atom. The Balaban J connectivity index is 1.56. The Labute approximate surface area is 157 Å². The van der Waals surface area contributed by atoms with Gasteiger partial charge in [0.05, 0.1) is 24.9 Å². The van der Waals surface area contributed by atoms with Crippen LogP contribution in [0.1, 0.15) is 47.6 Å². The van der Waals surface area contributed by atoms with Crippen LogP contribution in [0.3, 0.4) is 0 Å². The molecule has 2 aromatic heterocycles. The maximum Gasteiger partial charge on any atom is 0.419 e. The van der Waals surface area contributed by atoms with Gasteiger partial charge in [0.2, 0.25) is 0 Å². The topological polar surface area (TPSA) is 119 Å². The standard InChI is InChI=1S/C16H16F3N7O2/c1-26-24-14(23-25-26)15(27)22-9-2-4-10(5-3-9)28-11-6-12(16(17,18)19)13(7-20)21-8-11/h6,8-10H,2-5H2,1H3,(H,22,27)/t9-,10-. The molecule has 12 heteroatoms. The van der Waals surface area contributed by atoms with E-state index in [1.807, 2.05) is 0 Å². The molecule has 0 saturated heterocycles. The highest BCUT2D eigenvalue weighted by molar-refractivity contribution is 5.90. The summed E-state index contributed by atoms with van der Waals surface area (Å²) >= 11 is 0. The van der Waals surface area contributed by atoms with Crippen LogP contribution < -0.4 is 10.1 Å². The second-order valence-corrected chi connectivity index (χ2v) is 6.34. The fourth-order valence-electron chi connectivity index (χ4n) is 2.96. The number of amides is 1. The van der Waals surface area contributed by atoms with E-state index in [-0.39, 0.29) is 23.7 Å². The van der Waals surface area contributed by atoms with E-state index in [2.05, 4.69) is 25.7 Å². The summed E-state index contributed by atoms with van der Waals surface area (Å²) in [5, 5.41) is 22.6. The number of alkyl halides is 3. The van der Waals surface area contributed by atoms with Crippen molar-refractivity contribution in [1.82, 2.24) is 30.5 Å². The van der Waals surface area contributed by atoms with Crippen molar-refractivity contribution < 1.29 is 22.7 Å². The minimum Gasteiger partial charge on any atom is -0.489 e. The Kier molecular flexibility index (Phi) is 5.43. The van der Waals surface area contributed by atoms with Gasteiger partial charge in [-0.2, -0.15) is 23.2 Å². The number of halogens is 3. The summed E-state index contributed by atoms with van der Waals surface area (Å²) in [5.41, 5.74) is -1.81. The summed E-state index contributed by atoms with van der Waals surface area (Å²) in [7, 11) is 1.55. The minimum atomic E-state index is -4.69. The average molecular weight is 395 g/mol. The molecule has 148 valence electrons. The molecule has 1 aliphatic carbocycles. The van der Waals surface area contributed by atoms with Crippen LogP contribution in [0.25, 0.3) is 0 Å². The lowest BCUT2D eigenvalue weighted by Gasteiger charge is -2.29. The van der Waals surface area contributed by atoms with Crippen molar-refractivity contribution in [1.29, 1.82) is 5.26 Å². The van der Waals surface area contributed by atoms with E-state index >= 15 is 0 Å². The maximum atomic E-state index is 13.0. The smallest absolute Gasteiger partial charge is 0.419 e. The molecule has 3 rings (SSSR count). The van der Waals surface area contributed by atoms with Crippen LogP contribution in [-0.4, -0.2) is 43.2 Å². The Hall–Kier alpha value is -3.23. The molecule has 2 heterocycles. The molecule has 1 fully saturated rings. The number of carbonyl (C=O) groups excluding carboxylic acids is 1. The maximum absolute atomic E-state index is 13.0. The van der Waals surface area contributed by atoms with Gasteiger partial charge in [-0.25, -0.2) is 4.98 Å². The van der Waals surface area contributed by atoms with Crippen LogP contribution >= 0.6 is 0 Å². The van der Waals surface area contributed by atoms with Gasteiger partial charge in [0, 0.05) is 6.04 Å². The van der Waals surface area contributed by atoms with Crippen LogP contribution in [0.4, 0.5) is 13.2 Å². The van der Waals surface area contributed by atoms with Crippen molar-refractivity contribution in [3.8, 4) is 11.8 Å². The number of aromatic nitrogens is 5. The molecule has 1 amide bonds. The van der Waals surface area contributed by atoms with Crippen LogP contribution in [0.15, 0.2) is 12.3 Å². The zero-order valence-electron chi connectivity index (χ0n) is 14.8. The summed E-state index contributed by atoms with van der Waals surface area (Å²) in [4.78, 5) is 16.7. The summed E-state index contributed by atoms with van der Waals surface area (Å²) in [6.07, 6.45) is -1.62. The van der Waals surface area contributed by atoms with Crippen LogP contribution in [-0.2, 0) is 13.2 Å². The van der Waals surface area contributed by atoms with Gasteiger partial charge < -0.3 is 10.1 Å². The van der Waals surface area contributed by atoms with E-state index in [0.29, 0.717) is 25.7 Å². The van der Waals surface area contributed by atoms with Gasteiger partial charge in [-0.1, -0.05) is 0 Å². The molecule has 2 aromatic rings. The monoisotopic (exact) mass is 395 g/mol. The largest absolute Gasteiger partial charge is 0.489 e. The number of aryl methyl sites for hydroxylation is 1. The highest BCUT2D eigenvalue weighted by atomic mass is 19.4. The predicted octanol–water partition coefficient (Wildman–Crippen LogP) is 1.62. The number of carbonyl (C=O) groups is 1. The number of nitriles is 1. The normalized spacial score (nSPS) is 19.7. The molecule has 0 unspecified atom stereocenters. The second kappa shape index (κ2) is 7.79. The van der Waals surface area contributed by atoms with E-state index in [1.165, 1.54) is 10.9 Å². The first-order chi connectivity index (χ1) is 13.3. The molecule has 1 N–H and O–H groups in total. The number of hydrogen-bond donors (Lipinski definition) is 1. The lowest BCUT2D eigenvalue weighted by Crippen LogP contribution is -2.40. The molecule has 0 radical (unpaired) electrons. The number of tetrazole rings is 1. The molecule has 0 atom stereocenters. The van der Waals surface area contributed by atoms with Gasteiger partial charge in [-0.15, -0.1) is 10.2 Å². The molecule has 0 spiro atoms. The first kappa shape index (κ1) is 19.5. The van der Waals surface area contributed by atoms with Gasteiger partial charge in [0.15, 0.2) is 5.69 Å². The fourth-order valence-corrected chi connectivity index (χ4v) is 2.96. The zero-order chi connectivity index (χ0) is 20.3. The summed E-state index contributed by atoms with van der Waals surface area (Å²) in [5.74, 6) is -0.490. The SMILES string of the molecule is Cn1nnc(C(=O)N[C@H]2CC[C@H](Oc3cnc(C#N)c(C(F)(F)F)c3)CC2)n1. The van der Waals surface area contributed by atoms with E-state index < -0.39 is 23.3 Å². The molecule has 0 bridgehead atoms. The summed E-state index contributed by atoms with van der Waals surface area (Å²) < 4.78 is 44.6. The summed E-state index contributed by atoms with van der Waals surface area (Å²) in [6.45, 7) is 0. The highest BCUT2D eigenvalue weighted by Gasteiger charge is 2.35. The third kappa shape index (κ3) is 4.54. The van der Waals surface area contributed by atoms with E-state index in [0.717, 1.165) is 12.3 Å². The van der Waals surface area contributed by atoms with E-state index in [4.69, 9.17) is 10.00 Å². The van der Waals surface area contributed by atoms with Gasteiger partial charge in [-0.3, -0.25) is 4.79 Å². The number of nitrogens with one attached hydrogen (secondary N) is 1. The van der Waals surface area contributed by atoms with Crippen molar-refractivity contribution in [3.05, 3.63) is 29.3 Å². The Morgan fingerprint density at radius 2 is 2.07 bits per heavy atom. The number of rotatable bonds is 4.